The Morgan fingerprint density at radius 2 is 2.03 bits per heavy atom. The highest BCUT2D eigenvalue weighted by Gasteiger charge is 2.18. The molecule has 5 rings (SSSR count). The number of hydrogen-bond donors (Lipinski definition) is 1. The summed E-state index contributed by atoms with van der Waals surface area (Å²) in [6.07, 6.45) is 10.2. The molecule has 144 valence electrons. The van der Waals surface area contributed by atoms with Crippen LogP contribution in [0.15, 0.2) is 60.6 Å². The molecule has 2 aliphatic rings. The van der Waals surface area contributed by atoms with Gasteiger partial charge in [-0.3, -0.25) is 4.98 Å². The molecule has 6 nitrogen and oxygen atoms in total. The smallest absolute Gasteiger partial charge is 0.163 e. The standard InChI is InChI=1S/C23H20N4O2/c1-28-19-5-2-6-21-20(11-19)23(27-22(26-21)15-4-3-9-24-12-15)25-18-8-7-16-13-29-14-17(16)10-18/h2-5,7-12H,6,13-14H2,1H3,(H,25,26,27). The van der Waals surface area contributed by atoms with E-state index in [0.717, 1.165) is 34.1 Å². The Bertz CT molecular complexity index is 1120. The lowest BCUT2D eigenvalue weighted by molar-refractivity contribution is 0.134. The van der Waals surface area contributed by atoms with Crippen LogP contribution in [0, 0.1) is 0 Å². The maximum atomic E-state index is 5.54. The van der Waals surface area contributed by atoms with Crippen molar-refractivity contribution in [3.63, 3.8) is 0 Å². The maximum absolute atomic E-state index is 5.54. The monoisotopic (exact) mass is 384 g/mol. The first-order valence-corrected chi connectivity index (χ1v) is 9.50. The fourth-order valence-corrected chi connectivity index (χ4v) is 3.53. The molecule has 3 aromatic rings. The van der Waals surface area contributed by atoms with Crippen molar-refractivity contribution >= 4 is 17.6 Å². The van der Waals surface area contributed by atoms with Crippen LogP contribution in [0.2, 0.25) is 0 Å². The number of nitrogens with zero attached hydrogens (tertiary/aromatic N) is 3. The molecule has 0 atom stereocenters. The Labute approximate surface area is 169 Å². The predicted molar refractivity (Wildman–Crippen MR) is 111 cm³/mol. The van der Waals surface area contributed by atoms with E-state index in [9.17, 15) is 0 Å². The van der Waals surface area contributed by atoms with Crippen LogP contribution in [0.5, 0.6) is 0 Å². The Balaban J connectivity index is 1.62. The van der Waals surface area contributed by atoms with Gasteiger partial charge in [-0.15, -0.1) is 0 Å². The number of ether oxygens (including phenoxy) is 2. The van der Waals surface area contributed by atoms with Crippen molar-refractivity contribution in [3.05, 3.63) is 83.0 Å². The van der Waals surface area contributed by atoms with E-state index in [2.05, 4.69) is 34.6 Å². The van der Waals surface area contributed by atoms with Crippen LogP contribution in [-0.2, 0) is 29.1 Å². The van der Waals surface area contributed by atoms with Crippen molar-refractivity contribution < 1.29 is 9.47 Å². The van der Waals surface area contributed by atoms with E-state index >= 15 is 0 Å². The van der Waals surface area contributed by atoms with Gasteiger partial charge in [0.25, 0.3) is 0 Å². The average molecular weight is 384 g/mol. The first-order valence-electron chi connectivity index (χ1n) is 9.50. The number of allylic oxidation sites excluding steroid dienone is 2. The fraction of sp³-hybridized carbons (Fsp3) is 0.174. The van der Waals surface area contributed by atoms with Gasteiger partial charge in [0.15, 0.2) is 5.82 Å². The molecule has 0 saturated carbocycles. The second-order valence-corrected chi connectivity index (χ2v) is 6.96. The molecule has 0 radical (unpaired) electrons. The second kappa shape index (κ2) is 7.48. The molecule has 1 aliphatic heterocycles. The van der Waals surface area contributed by atoms with Gasteiger partial charge in [0.05, 0.1) is 26.0 Å². The first kappa shape index (κ1) is 17.6. The summed E-state index contributed by atoms with van der Waals surface area (Å²) in [5.74, 6) is 2.16. The van der Waals surface area contributed by atoms with Crippen LogP contribution in [0.1, 0.15) is 22.4 Å². The van der Waals surface area contributed by atoms with Gasteiger partial charge in [0.2, 0.25) is 0 Å². The van der Waals surface area contributed by atoms with E-state index in [1.165, 1.54) is 11.1 Å². The molecular formula is C23H20N4O2. The molecule has 2 aromatic heterocycles. The van der Waals surface area contributed by atoms with Crippen LogP contribution in [-0.4, -0.2) is 22.1 Å². The van der Waals surface area contributed by atoms with E-state index in [-0.39, 0.29) is 0 Å². The highest BCUT2D eigenvalue weighted by Crippen LogP contribution is 2.31. The molecule has 0 saturated heterocycles. The number of fused-ring (bicyclic) bond motifs is 2. The minimum Gasteiger partial charge on any atom is -0.497 e. The molecule has 3 heterocycles. The predicted octanol–water partition coefficient (Wildman–Crippen LogP) is 4.41. The van der Waals surface area contributed by atoms with Crippen molar-refractivity contribution in [2.24, 2.45) is 0 Å². The number of anilines is 2. The van der Waals surface area contributed by atoms with E-state index < -0.39 is 0 Å². The number of nitrogens with one attached hydrogen (secondary N) is 1. The molecule has 1 aromatic carbocycles. The zero-order valence-electron chi connectivity index (χ0n) is 16.1. The number of hydrogen-bond acceptors (Lipinski definition) is 6. The van der Waals surface area contributed by atoms with Crippen LogP contribution < -0.4 is 5.32 Å². The summed E-state index contributed by atoms with van der Waals surface area (Å²) in [5, 5.41) is 3.49. The fourth-order valence-electron chi connectivity index (χ4n) is 3.53. The van der Waals surface area contributed by atoms with E-state index in [1.54, 1.807) is 19.5 Å². The molecule has 1 N–H and O–H groups in total. The van der Waals surface area contributed by atoms with Gasteiger partial charge in [0.1, 0.15) is 11.6 Å². The van der Waals surface area contributed by atoms with Crippen molar-refractivity contribution in [2.45, 2.75) is 19.6 Å². The van der Waals surface area contributed by atoms with Gasteiger partial charge in [-0.05, 0) is 47.5 Å². The normalized spacial score (nSPS) is 14.6. The largest absolute Gasteiger partial charge is 0.497 e. The van der Waals surface area contributed by atoms with Crippen LogP contribution in [0.4, 0.5) is 11.5 Å². The lowest BCUT2D eigenvalue weighted by Gasteiger charge is -2.14. The summed E-state index contributed by atoms with van der Waals surface area (Å²) >= 11 is 0. The molecule has 0 amide bonds. The maximum Gasteiger partial charge on any atom is 0.163 e. The van der Waals surface area contributed by atoms with Gasteiger partial charge < -0.3 is 14.8 Å². The lowest BCUT2D eigenvalue weighted by atomic mass is 10.1. The van der Waals surface area contributed by atoms with Gasteiger partial charge >= 0.3 is 0 Å². The van der Waals surface area contributed by atoms with Crippen molar-refractivity contribution in [1.29, 1.82) is 0 Å². The van der Waals surface area contributed by atoms with Gasteiger partial charge in [-0.1, -0.05) is 12.1 Å². The number of pyridine rings is 1. The van der Waals surface area contributed by atoms with Crippen molar-refractivity contribution in [1.82, 2.24) is 15.0 Å². The average Bonchev–Trinajstić information content (AvgIpc) is 3.12. The minimum absolute atomic E-state index is 0.644. The Morgan fingerprint density at radius 1 is 1.10 bits per heavy atom. The van der Waals surface area contributed by atoms with Gasteiger partial charge in [-0.2, -0.15) is 0 Å². The molecule has 29 heavy (non-hydrogen) atoms. The Morgan fingerprint density at radius 3 is 2.90 bits per heavy atom. The Hall–Kier alpha value is -3.51. The van der Waals surface area contributed by atoms with E-state index in [0.29, 0.717) is 25.5 Å². The quantitative estimate of drug-likeness (QED) is 0.718. The third kappa shape index (κ3) is 3.50. The summed E-state index contributed by atoms with van der Waals surface area (Å²) < 4.78 is 11.0. The van der Waals surface area contributed by atoms with Crippen LogP contribution in [0.25, 0.3) is 17.5 Å². The molecular weight excluding hydrogens is 364 g/mol. The number of methoxy groups -OCH3 is 1. The molecule has 1 aliphatic carbocycles. The highest BCUT2D eigenvalue weighted by atomic mass is 16.5. The molecule has 0 bridgehead atoms. The topological polar surface area (TPSA) is 69.2 Å². The third-order valence-electron chi connectivity index (χ3n) is 5.04. The lowest BCUT2D eigenvalue weighted by Crippen LogP contribution is -2.05. The Kier molecular flexibility index (Phi) is 4.54. The van der Waals surface area contributed by atoms with Gasteiger partial charge in [-0.25, -0.2) is 9.97 Å². The summed E-state index contributed by atoms with van der Waals surface area (Å²) in [7, 11) is 1.67. The molecule has 0 unspecified atom stereocenters. The number of rotatable bonds is 4. The van der Waals surface area contributed by atoms with E-state index in [1.807, 2.05) is 24.3 Å². The van der Waals surface area contributed by atoms with Crippen molar-refractivity contribution in [2.75, 3.05) is 12.4 Å². The van der Waals surface area contributed by atoms with Gasteiger partial charge in [0, 0.05) is 35.6 Å². The van der Waals surface area contributed by atoms with Crippen molar-refractivity contribution in [3.8, 4) is 11.4 Å². The number of aromatic nitrogens is 3. The molecule has 6 heteroatoms. The van der Waals surface area contributed by atoms with Crippen LogP contribution in [0.3, 0.4) is 0 Å². The summed E-state index contributed by atoms with van der Waals surface area (Å²) in [5.41, 5.74) is 6.16. The second-order valence-electron chi connectivity index (χ2n) is 6.96. The highest BCUT2D eigenvalue weighted by molar-refractivity contribution is 5.75. The zero-order valence-corrected chi connectivity index (χ0v) is 16.1. The SMILES string of the molecule is COC1=Cc2c(nc(-c3cccnc3)nc2Nc2ccc3c(c2)COC3)CC=C1. The minimum atomic E-state index is 0.644. The molecule has 0 fully saturated rings. The number of benzene rings is 1. The van der Waals surface area contributed by atoms with Crippen LogP contribution >= 0.6 is 0 Å². The molecule has 0 spiro atoms. The first-order chi connectivity index (χ1) is 14.3. The summed E-state index contributed by atoms with van der Waals surface area (Å²) in [6, 6.07) is 10.1. The summed E-state index contributed by atoms with van der Waals surface area (Å²) in [6.45, 7) is 1.32. The zero-order chi connectivity index (χ0) is 19.6. The third-order valence-corrected chi connectivity index (χ3v) is 5.04. The summed E-state index contributed by atoms with van der Waals surface area (Å²) in [4.78, 5) is 13.9. The van der Waals surface area contributed by atoms with E-state index in [4.69, 9.17) is 19.4 Å².